The highest BCUT2D eigenvalue weighted by Gasteiger charge is 2.33. The van der Waals surface area contributed by atoms with Crippen LogP contribution in [0.1, 0.15) is 24.1 Å². The van der Waals surface area contributed by atoms with Gasteiger partial charge in [0.15, 0.2) is 0 Å². The number of methoxy groups -OCH3 is 1. The number of hydrogen-bond donors (Lipinski definition) is 2. The van der Waals surface area contributed by atoms with Crippen LogP contribution in [0.4, 0.5) is 16.0 Å². The number of aromatic nitrogens is 3. The van der Waals surface area contributed by atoms with Gasteiger partial charge in [-0.1, -0.05) is 42.5 Å². The summed E-state index contributed by atoms with van der Waals surface area (Å²) in [6.07, 6.45) is 1.44. The van der Waals surface area contributed by atoms with E-state index in [9.17, 15) is 9.18 Å². The smallest absolute Gasteiger partial charge is 0.255 e. The number of nitrogens with one attached hydrogen (secondary N) is 2. The number of carbonyl (C=O) groups excluding carboxylic acids is 1. The van der Waals surface area contributed by atoms with Crippen LogP contribution in [0.25, 0.3) is 0 Å². The lowest BCUT2D eigenvalue weighted by atomic mass is 9.95. The number of anilines is 2. The zero-order valence-corrected chi connectivity index (χ0v) is 19.7. The number of rotatable bonds is 7. The number of benzene rings is 3. The van der Waals surface area contributed by atoms with Crippen molar-refractivity contribution in [3.05, 3.63) is 107 Å². The number of nitrogens with zero attached hydrogens (tertiary/aromatic N) is 3. The molecule has 0 radical (unpaired) electrons. The van der Waals surface area contributed by atoms with Crippen LogP contribution in [0.3, 0.4) is 0 Å². The summed E-state index contributed by atoms with van der Waals surface area (Å²) in [5.41, 5.74) is 2.99. The molecule has 0 aliphatic carbocycles. The molecule has 9 heteroatoms. The van der Waals surface area contributed by atoms with Crippen molar-refractivity contribution in [1.82, 2.24) is 14.8 Å². The van der Waals surface area contributed by atoms with E-state index in [1.54, 1.807) is 54.3 Å². The minimum Gasteiger partial charge on any atom is -0.495 e. The largest absolute Gasteiger partial charge is 0.495 e. The lowest BCUT2D eigenvalue weighted by molar-refractivity contribution is -0.113. The molecule has 1 amide bonds. The number of halogens is 1. The number of fused-ring (bicyclic) bond motifs is 1. The second kappa shape index (κ2) is 9.91. The van der Waals surface area contributed by atoms with Gasteiger partial charge in [-0.2, -0.15) is 10.1 Å². The van der Waals surface area contributed by atoms with E-state index in [1.165, 1.54) is 12.4 Å². The van der Waals surface area contributed by atoms with Crippen LogP contribution in [-0.2, 0) is 11.4 Å². The van der Waals surface area contributed by atoms with Gasteiger partial charge in [0, 0.05) is 11.3 Å². The first kappa shape index (κ1) is 23.1. The summed E-state index contributed by atoms with van der Waals surface area (Å²) in [6, 6.07) is 20.5. The van der Waals surface area contributed by atoms with Crippen molar-refractivity contribution in [2.45, 2.75) is 19.6 Å². The van der Waals surface area contributed by atoms with Crippen molar-refractivity contribution in [3.8, 4) is 11.5 Å². The third-order valence-electron chi connectivity index (χ3n) is 5.94. The molecule has 1 aromatic heterocycles. The Labute approximate surface area is 207 Å². The van der Waals surface area contributed by atoms with Crippen molar-refractivity contribution in [2.24, 2.45) is 0 Å². The molecule has 2 heterocycles. The molecule has 0 saturated heterocycles. The third-order valence-corrected chi connectivity index (χ3v) is 5.94. The molecule has 1 aliphatic heterocycles. The van der Waals surface area contributed by atoms with Crippen LogP contribution in [0.15, 0.2) is 90.4 Å². The van der Waals surface area contributed by atoms with E-state index in [0.29, 0.717) is 40.0 Å². The molecule has 0 spiro atoms. The third kappa shape index (κ3) is 4.50. The molecule has 0 unspecified atom stereocenters. The van der Waals surface area contributed by atoms with Gasteiger partial charge in [-0.05, 0) is 42.8 Å². The van der Waals surface area contributed by atoms with E-state index in [0.717, 1.165) is 5.56 Å². The highest BCUT2D eigenvalue weighted by atomic mass is 19.1. The normalized spacial score (nSPS) is 14.6. The molecule has 182 valence electrons. The molecular formula is C27H24FN5O3. The first-order valence-electron chi connectivity index (χ1n) is 11.3. The predicted molar refractivity (Wildman–Crippen MR) is 133 cm³/mol. The summed E-state index contributed by atoms with van der Waals surface area (Å²) < 4.78 is 26.7. The van der Waals surface area contributed by atoms with Crippen LogP contribution >= 0.6 is 0 Å². The highest BCUT2D eigenvalue weighted by molar-refractivity contribution is 6.06. The van der Waals surface area contributed by atoms with Gasteiger partial charge in [-0.15, -0.1) is 0 Å². The molecule has 0 saturated carbocycles. The predicted octanol–water partition coefficient (Wildman–Crippen LogP) is 4.93. The van der Waals surface area contributed by atoms with E-state index in [1.807, 2.05) is 31.2 Å². The number of hydrogen-bond acceptors (Lipinski definition) is 6. The van der Waals surface area contributed by atoms with E-state index < -0.39 is 6.04 Å². The van der Waals surface area contributed by atoms with Crippen LogP contribution < -0.4 is 20.1 Å². The molecule has 3 aromatic carbocycles. The second-order valence-corrected chi connectivity index (χ2v) is 8.20. The average Bonchev–Trinajstić information content (AvgIpc) is 3.36. The van der Waals surface area contributed by atoms with Crippen LogP contribution in [0.2, 0.25) is 0 Å². The Kier molecular flexibility index (Phi) is 6.36. The van der Waals surface area contributed by atoms with Gasteiger partial charge < -0.3 is 20.1 Å². The maximum absolute atomic E-state index is 13.9. The number of ether oxygens (including phenoxy) is 2. The van der Waals surface area contributed by atoms with E-state index in [-0.39, 0.29) is 18.3 Å². The Bertz CT molecular complexity index is 1430. The lowest BCUT2D eigenvalue weighted by Crippen LogP contribution is -2.31. The summed E-state index contributed by atoms with van der Waals surface area (Å²) in [4.78, 5) is 17.8. The van der Waals surface area contributed by atoms with Gasteiger partial charge in [0.05, 0.1) is 18.4 Å². The monoisotopic (exact) mass is 485 g/mol. The Morgan fingerprint density at radius 1 is 1.08 bits per heavy atom. The molecule has 1 atom stereocenters. The van der Waals surface area contributed by atoms with Crippen molar-refractivity contribution >= 4 is 17.5 Å². The van der Waals surface area contributed by atoms with E-state index in [2.05, 4.69) is 20.7 Å². The van der Waals surface area contributed by atoms with Crippen LogP contribution in [-0.4, -0.2) is 27.8 Å². The van der Waals surface area contributed by atoms with Crippen molar-refractivity contribution in [1.29, 1.82) is 0 Å². The zero-order valence-electron chi connectivity index (χ0n) is 19.7. The van der Waals surface area contributed by atoms with Gasteiger partial charge in [-0.25, -0.2) is 9.07 Å². The van der Waals surface area contributed by atoms with Gasteiger partial charge in [-0.3, -0.25) is 4.79 Å². The zero-order chi connectivity index (χ0) is 25.1. The quantitative estimate of drug-likeness (QED) is 0.386. The van der Waals surface area contributed by atoms with E-state index >= 15 is 0 Å². The highest BCUT2D eigenvalue weighted by Crippen LogP contribution is 2.36. The fourth-order valence-electron chi connectivity index (χ4n) is 4.15. The topological polar surface area (TPSA) is 90.3 Å². The summed E-state index contributed by atoms with van der Waals surface area (Å²) in [6.45, 7) is 1.94. The Balaban J connectivity index is 1.42. The summed E-state index contributed by atoms with van der Waals surface area (Å²) in [5.74, 6) is 1.06. The fourth-order valence-corrected chi connectivity index (χ4v) is 4.15. The average molecular weight is 486 g/mol. The second-order valence-electron chi connectivity index (χ2n) is 8.20. The van der Waals surface area contributed by atoms with Gasteiger partial charge in [0.25, 0.3) is 5.91 Å². The molecule has 8 nitrogen and oxygen atoms in total. The number of amides is 1. The van der Waals surface area contributed by atoms with Crippen molar-refractivity contribution in [2.75, 3.05) is 17.7 Å². The maximum atomic E-state index is 13.9. The molecule has 2 N–H and O–H groups in total. The lowest BCUT2D eigenvalue weighted by Gasteiger charge is -2.29. The van der Waals surface area contributed by atoms with E-state index in [4.69, 9.17) is 9.47 Å². The van der Waals surface area contributed by atoms with Gasteiger partial charge in [0.1, 0.15) is 36.3 Å². The molecule has 5 rings (SSSR count). The Morgan fingerprint density at radius 2 is 1.83 bits per heavy atom. The summed E-state index contributed by atoms with van der Waals surface area (Å²) in [5, 5.41) is 10.5. The molecule has 4 aromatic rings. The first-order valence-corrected chi connectivity index (χ1v) is 11.3. The Morgan fingerprint density at radius 3 is 2.61 bits per heavy atom. The minimum atomic E-state index is -0.529. The number of allylic oxidation sites excluding steroid dienone is 1. The molecular weight excluding hydrogens is 461 g/mol. The molecule has 1 aliphatic rings. The molecule has 0 bridgehead atoms. The SMILES string of the molecule is COc1ccccc1NC(=O)C1=C(C)Nc2ncnn2[C@H]1c1ccc(OCc2ccccc2F)cc1. The fraction of sp³-hybridized carbons (Fsp3) is 0.148. The van der Waals surface area contributed by atoms with Crippen LogP contribution in [0, 0.1) is 5.82 Å². The van der Waals surface area contributed by atoms with Crippen LogP contribution in [0.5, 0.6) is 11.5 Å². The van der Waals surface area contributed by atoms with Crippen molar-refractivity contribution < 1.29 is 18.7 Å². The summed E-state index contributed by atoms with van der Waals surface area (Å²) >= 11 is 0. The van der Waals surface area contributed by atoms with Gasteiger partial charge in [0.2, 0.25) is 5.95 Å². The van der Waals surface area contributed by atoms with Gasteiger partial charge >= 0.3 is 0 Å². The Hall–Kier alpha value is -4.66. The maximum Gasteiger partial charge on any atom is 0.255 e. The number of carbonyl (C=O) groups is 1. The minimum absolute atomic E-state index is 0.109. The number of para-hydroxylation sites is 2. The van der Waals surface area contributed by atoms with Crippen molar-refractivity contribution in [3.63, 3.8) is 0 Å². The first-order chi connectivity index (χ1) is 17.5. The summed E-state index contributed by atoms with van der Waals surface area (Å²) in [7, 11) is 1.55. The standard InChI is InChI=1S/C27H24FN5O3/c1-17-24(26(34)32-22-9-5-6-10-23(22)35-2)25(33-27(31-17)29-16-30-33)18-11-13-20(14-12-18)36-15-19-7-3-4-8-21(19)28/h3-14,16,25H,15H2,1-2H3,(H,32,34)(H,29,30,31)/t25-/m0/s1. The molecule has 0 fully saturated rings. The molecule has 36 heavy (non-hydrogen) atoms.